The van der Waals surface area contributed by atoms with E-state index in [9.17, 15) is 5.11 Å². The highest BCUT2D eigenvalue weighted by Crippen LogP contribution is 2.36. The van der Waals surface area contributed by atoms with E-state index >= 15 is 0 Å². The lowest BCUT2D eigenvalue weighted by atomic mass is 10.1. The Bertz CT molecular complexity index is 579. The van der Waals surface area contributed by atoms with E-state index in [0.29, 0.717) is 23.7 Å². The van der Waals surface area contributed by atoms with Crippen LogP contribution in [0.1, 0.15) is 16.7 Å². The molecule has 4 heteroatoms. The van der Waals surface area contributed by atoms with Crippen LogP contribution in [-0.4, -0.2) is 12.2 Å². The third-order valence-corrected chi connectivity index (χ3v) is 3.79. The lowest BCUT2D eigenvalue weighted by Crippen LogP contribution is -2.02. The van der Waals surface area contributed by atoms with Gasteiger partial charge in [-0.05, 0) is 24.6 Å². The van der Waals surface area contributed by atoms with Gasteiger partial charge in [0.05, 0.1) is 13.7 Å². The van der Waals surface area contributed by atoms with Crippen molar-refractivity contribution in [1.82, 2.24) is 0 Å². The Kier molecular flexibility index (Phi) is 5.04. The number of aliphatic hydroxyl groups is 1. The van der Waals surface area contributed by atoms with Crippen molar-refractivity contribution in [2.24, 2.45) is 0 Å². The number of hydrogen-bond acceptors (Lipinski definition) is 3. The summed E-state index contributed by atoms with van der Waals surface area (Å²) in [6.45, 7) is 2.37. The lowest BCUT2D eigenvalue weighted by Gasteiger charge is -2.15. The summed E-state index contributed by atoms with van der Waals surface area (Å²) >= 11 is 3.41. The van der Waals surface area contributed by atoms with Crippen LogP contribution in [0.3, 0.4) is 0 Å². The number of benzene rings is 2. The van der Waals surface area contributed by atoms with Crippen molar-refractivity contribution in [2.75, 3.05) is 7.11 Å². The molecule has 106 valence electrons. The molecule has 0 spiro atoms. The van der Waals surface area contributed by atoms with E-state index < -0.39 is 0 Å². The van der Waals surface area contributed by atoms with Gasteiger partial charge < -0.3 is 14.6 Å². The first-order chi connectivity index (χ1) is 9.65. The number of halogens is 1. The summed E-state index contributed by atoms with van der Waals surface area (Å²) < 4.78 is 11.9. The van der Waals surface area contributed by atoms with Crippen LogP contribution in [0, 0.1) is 6.92 Å². The van der Waals surface area contributed by atoms with Crippen LogP contribution in [0.25, 0.3) is 0 Å². The summed E-state index contributed by atoms with van der Waals surface area (Å²) in [5.41, 5.74) is 2.97. The summed E-state index contributed by atoms with van der Waals surface area (Å²) in [7, 11) is 1.59. The molecular formula is C16H17BrO3. The molecule has 1 N–H and O–H groups in total. The average Bonchev–Trinajstić information content (AvgIpc) is 2.46. The van der Waals surface area contributed by atoms with Gasteiger partial charge in [-0.2, -0.15) is 0 Å². The van der Waals surface area contributed by atoms with Gasteiger partial charge in [-0.3, -0.25) is 0 Å². The van der Waals surface area contributed by atoms with Crippen LogP contribution in [0.2, 0.25) is 0 Å². The van der Waals surface area contributed by atoms with Gasteiger partial charge in [0, 0.05) is 10.0 Å². The normalized spacial score (nSPS) is 10.4. The summed E-state index contributed by atoms with van der Waals surface area (Å²) in [5.74, 6) is 1.19. The lowest BCUT2D eigenvalue weighted by molar-refractivity contribution is 0.249. The molecule has 0 saturated carbocycles. The monoisotopic (exact) mass is 336 g/mol. The highest BCUT2D eigenvalue weighted by Gasteiger charge is 2.14. The molecule has 0 amide bonds. The highest BCUT2D eigenvalue weighted by molar-refractivity contribution is 9.10. The van der Waals surface area contributed by atoms with Crippen molar-refractivity contribution in [1.29, 1.82) is 0 Å². The Morgan fingerprint density at radius 3 is 2.40 bits per heavy atom. The van der Waals surface area contributed by atoms with Crippen molar-refractivity contribution >= 4 is 15.9 Å². The maximum atomic E-state index is 9.49. The van der Waals surface area contributed by atoms with E-state index in [4.69, 9.17) is 9.47 Å². The molecule has 0 bridgehead atoms. The maximum absolute atomic E-state index is 9.49. The van der Waals surface area contributed by atoms with Crippen molar-refractivity contribution in [2.45, 2.75) is 20.1 Å². The Balaban J connectivity index is 2.23. The van der Waals surface area contributed by atoms with Crippen molar-refractivity contribution in [3.63, 3.8) is 0 Å². The van der Waals surface area contributed by atoms with Crippen LogP contribution < -0.4 is 9.47 Å². The molecule has 20 heavy (non-hydrogen) atoms. The quantitative estimate of drug-likeness (QED) is 0.901. The van der Waals surface area contributed by atoms with E-state index in [1.807, 2.05) is 43.3 Å². The van der Waals surface area contributed by atoms with Gasteiger partial charge in [-0.25, -0.2) is 0 Å². The molecule has 0 radical (unpaired) electrons. The number of aliphatic hydroxyl groups excluding tert-OH is 1. The fourth-order valence-corrected chi connectivity index (χ4v) is 2.33. The minimum Gasteiger partial charge on any atom is -0.493 e. The Hall–Kier alpha value is -1.52. The SMILES string of the molecule is COc1ccc(Br)c(CO)c1OCc1ccc(C)cc1. The Morgan fingerprint density at radius 2 is 1.80 bits per heavy atom. The highest BCUT2D eigenvalue weighted by atomic mass is 79.9. The first-order valence-electron chi connectivity index (χ1n) is 6.30. The van der Waals surface area contributed by atoms with E-state index in [1.165, 1.54) is 5.56 Å². The molecule has 0 fully saturated rings. The van der Waals surface area contributed by atoms with Crippen LogP contribution in [0.15, 0.2) is 40.9 Å². The first-order valence-corrected chi connectivity index (χ1v) is 7.09. The van der Waals surface area contributed by atoms with Crippen molar-refractivity contribution in [3.8, 4) is 11.5 Å². The standard InChI is InChI=1S/C16H17BrO3/c1-11-3-5-12(6-4-11)10-20-16-13(9-18)14(17)7-8-15(16)19-2/h3-8,18H,9-10H2,1-2H3. The number of hydrogen-bond donors (Lipinski definition) is 1. The van der Waals surface area contributed by atoms with Crippen LogP contribution in [-0.2, 0) is 13.2 Å². The molecule has 0 saturated heterocycles. The third-order valence-electron chi connectivity index (χ3n) is 3.05. The second-order valence-corrected chi connectivity index (χ2v) is 5.34. The van der Waals surface area contributed by atoms with E-state index in [2.05, 4.69) is 15.9 Å². The molecule has 3 nitrogen and oxygen atoms in total. The van der Waals surface area contributed by atoms with Gasteiger partial charge >= 0.3 is 0 Å². The molecule has 0 unspecified atom stereocenters. The molecule has 2 aromatic rings. The Labute approximate surface area is 127 Å². The Morgan fingerprint density at radius 1 is 1.10 bits per heavy atom. The van der Waals surface area contributed by atoms with Crippen LogP contribution in [0.4, 0.5) is 0 Å². The largest absolute Gasteiger partial charge is 0.493 e. The van der Waals surface area contributed by atoms with E-state index in [1.54, 1.807) is 7.11 Å². The second kappa shape index (κ2) is 6.77. The molecule has 0 atom stereocenters. The van der Waals surface area contributed by atoms with Crippen molar-refractivity contribution < 1.29 is 14.6 Å². The maximum Gasteiger partial charge on any atom is 0.168 e. The summed E-state index contributed by atoms with van der Waals surface area (Å²) in [5, 5.41) is 9.49. The summed E-state index contributed by atoms with van der Waals surface area (Å²) in [6.07, 6.45) is 0. The fourth-order valence-electron chi connectivity index (χ4n) is 1.89. The predicted molar refractivity (Wildman–Crippen MR) is 82.1 cm³/mol. The van der Waals surface area contributed by atoms with Gasteiger partial charge in [0.1, 0.15) is 6.61 Å². The molecule has 0 aliphatic heterocycles. The van der Waals surface area contributed by atoms with Gasteiger partial charge in [-0.15, -0.1) is 0 Å². The molecular weight excluding hydrogens is 320 g/mol. The smallest absolute Gasteiger partial charge is 0.168 e. The molecule has 0 aliphatic rings. The molecule has 2 rings (SSSR count). The van der Waals surface area contributed by atoms with Gasteiger partial charge in [0.15, 0.2) is 11.5 Å². The minimum absolute atomic E-state index is 0.110. The summed E-state index contributed by atoms with van der Waals surface area (Å²) in [4.78, 5) is 0. The minimum atomic E-state index is -0.110. The van der Waals surface area contributed by atoms with Gasteiger partial charge in [-0.1, -0.05) is 45.8 Å². The fraction of sp³-hybridized carbons (Fsp3) is 0.250. The zero-order chi connectivity index (χ0) is 14.5. The zero-order valence-corrected chi connectivity index (χ0v) is 13.1. The van der Waals surface area contributed by atoms with E-state index in [0.717, 1.165) is 10.0 Å². The second-order valence-electron chi connectivity index (χ2n) is 4.49. The summed E-state index contributed by atoms with van der Waals surface area (Å²) in [6, 6.07) is 11.8. The molecule has 0 aromatic heterocycles. The van der Waals surface area contributed by atoms with E-state index in [-0.39, 0.29) is 6.61 Å². The van der Waals surface area contributed by atoms with Gasteiger partial charge in [0.25, 0.3) is 0 Å². The number of methoxy groups -OCH3 is 1. The van der Waals surface area contributed by atoms with Gasteiger partial charge in [0.2, 0.25) is 0 Å². The number of aryl methyl sites for hydroxylation is 1. The van der Waals surface area contributed by atoms with Crippen LogP contribution >= 0.6 is 15.9 Å². The topological polar surface area (TPSA) is 38.7 Å². The molecule has 0 heterocycles. The third kappa shape index (κ3) is 3.32. The average molecular weight is 337 g/mol. The predicted octanol–water partition coefficient (Wildman–Crippen LogP) is 3.84. The number of ether oxygens (including phenoxy) is 2. The first kappa shape index (κ1) is 14.9. The molecule has 2 aromatic carbocycles. The van der Waals surface area contributed by atoms with Crippen molar-refractivity contribution in [3.05, 3.63) is 57.6 Å². The zero-order valence-electron chi connectivity index (χ0n) is 11.5. The number of rotatable bonds is 5. The van der Waals surface area contributed by atoms with Crippen LogP contribution in [0.5, 0.6) is 11.5 Å². The molecule has 0 aliphatic carbocycles.